The van der Waals surface area contributed by atoms with Crippen LogP contribution in [0.15, 0.2) is 48.5 Å². The van der Waals surface area contributed by atoms with Gasteiger partial charge in [-0.25, -0.2) is 4.79 Å². The fourth-order valence-corrected chi connectivity index (χ4v) is 3.10. The van der Waals surface area contributed by atoms with Crippen molar-refractivity contribution in [3.05, 3.63) is 59.7 Å². The molecule has 1 aliphatic rings. The van der Waals surface area contributed by atoms with Crippen molar-refractivity contribution in [2.24, 2.45) is 0 Å². The quantitative estimate of drug-likeness (QED) is 0.874. The summed E-state index contributed by atoms with van der Waals surface area (Å²) in [6.07, 6.45) is 0. The van der Waals surface area contributed by atoms with Gasteiger partial charge >= 0.3 is 6.03 Å². The van der Waals surface area contributed by atoms with Gasteiger partial charge in [-0.2, -0.15) is 0 Å². The molecule has 0 aromatic heterocycles. The van der Waals surface area contributed by atoms with E-state index in [2.05, 4.69) is 15.5 Å². The number of urea groups is 1. The van der Waals surface area contributed by atoms with Crippen LogP contribution < -0.4 is 10.6 Å². The summed E-state index contributed by atoms with van der Waals surface area (Å²) < 4.78 is 0. The van der Waals surface area contributed by atoms with E-state index in [9.17, 15) is 9.59 Å². The van der Waals surface area contributed by atoms with Crippen molar-refractivity contribution in [3.8, 4) is 0 Å². The van der Waals surface area contributed by atoms with Crippen molar-refractivity contribution in [3.63, 3.8) is 0 Å². The van der Waals surface area contributed by atoms with Crippen molar-refractivity contribution in [1.29, 1.82) is 0 Å². The van der Waals surface area contributed by atoms with Gasteiger partial charge in [-0.15, -0.1) is 0 Å². The number of nitrogens with zero attached hydrogens (tertiary/aromatic N) is 2. The van der Waals surface area contributed by atoms with Gasteiger partial charge in [0.15, 0.2) is 0 Å². The third-order valence-electron chi connectivity index (χ3n) is 4.72. The molecule has 0 unspecified atom stereocenters. The molecule has 2 aromatic rings. The first kappa shape index (κ1) is 18.9. The highest BCUT2D eigenvalue weighted by molar-refractivity contribution is 5.92. The molecule has 0 spiro atoms. The Morgan fingerprint density at radius 1 is 0.926 bits per heavy atom. The van der Waals surface area contributed by atoms with Crippen molar-refractivity contribution >= 4 is 23.3 Å². The van der Waals surface area contributed by atoms with Gasteiger partial charge in [-0.1, -0.05) is 30.3 Å². The van der Waals surface area contributed by atoms with Gasteiger partial charge in [0.2, 0.25) is 5.91 Å². The lowest BCUT2D eigenvalue weighted by Crippen LogP contribution is -2.51. The number of rotatable bonds is 4. The van der Waals surface area contributed by atoms with E-state index in [1.807, 2.05) is 62.4 Å². The standard InChI is InChI=1S/C21H26N4O2/c1-16-8-9-17(2)19(14-16)23-21(27)25-12-10-24(11-13-25)15-20(26)22-18-6-4-3-5-7-18/h3-9,14H,10-13,15H2,1-2H3,(H,22,26)(H,23,27). The van der Waals surface area contributed by atoms with Gasteiger partial charge in [-0.05, 0) is 43.2 Å². The van der Waals surface area contributed by atoms with E-state index in [0.29, 0.717) is 32.7 Å². The zero-order valence-electron chi connectivity index (χ0n) is 15.9. The number of carbonyl (C=O) groups is 2. The molecule has 2 N–H and O–H groups in total. The fourth-order valence-electron chi connectivity index (χ4n) is 3.10. The zero-order valence-corrected chi connectivity index (χ0v) is 15.9. The number of amides is 3. The first-order chi connectivity index (χ1) is 13.0. The molecule has 0 bridgehead atoms. The van der Waals surface area contributed by atoms with E-state index in [1.165, 1.54) is 0 Å². The third kappa shape index (κ3) is 5.31. The van der Waals surface area contributed by atoms with Crippen LogP contribution in [0.3, 0.4) is 0 Å². The highest BCUT2D eigenvalue weighted by Gasteiger charge is 2.22. The summed E-state index contributed by atoms with van der Waals surface area (Å²) in [7, 11) is 0. The molecule has 3 rings (SSSR count). The molecule has 0 radical (unpaired) electrons. The monoisotopic (exact) mass is 366 g/mol. The topological polar surface area (TPSA) is 64.7 Å². The molecule has 2 aromatic carbocycles. The van der Waals surface area contributed by atoms with Crippen LogP contribution in [0, 0.1) is 13.8 Å². The van der Waals surface area contributed by atoms with Crippen molar-refractivity contribution in [2.45, 2.75) is 13.8 Å². The van der Waals surface area contributed by atoms with Crippen LogP contribution in [0.4, 0.5) is 16.2 Å². The van der Waals surface area contributed by atoms with Crippen molar-refractivity contribution in [1.82, 2.24) is 9.80 Å². The summed E-state index contributed by atoms with van der Waals surface area (Å²) in [5.41, 5.74) is 3.81. The number of anilines is 2. The van der Waals surface area contributed by atoms with Gasteiger partial charge in [0.1, 0.15) is 0 Å². The van der Waals surface area contributed by atoms with Crippen LogP contribution in [-0.4, -0.2) is 54.5 Å². The van der Waals surface area contributed by atoms with Gasteiger partial charge in [0.25, 0.3) is 0 Å². The van der Waals surface area contributed by atoms with Crippen LogP contribution in [0.25, 0.3) is 0 Å². The Labute approximate surface area is 160 Å². The first-order valence-corrected chi connectivity index (χ1v) is 9.22. The minimum Gasteiger partial charge on any atom is -0.325 e. The molecule has 142 valence electrons. The molecule has 3 amide bonds. The molecule has 1 fully saturated rings. The number of aryl methyl sites for hydroxylation is 2. The predicted octanol–water partition coefficient (Wildman–Crippen LogP) is 3.09. The summed E-state index contributed by atoms with van der Waals surface area (Å²) in [6, 6.07) is 15.4. The van der Waals surface area contributed by atoms with E-state index >= 15 is 0 Å². The van der Waals surface area contributed by atoms with Gasteiger partial charge in [0, 0.05) is 37.6 Å². The lowest BCUT2D eigenvalue weighted by molar-refractivity contribution is -0.117. The average Bonchev–Trinajstić information content (AvgIpc) is 2.66. The normalized spacial score (nSPS) is 14.7. The fraction of sp³-hybridized carbons (Fsp3) is 0.333. The summed E-state index contributed by atoms with van der Waals surface area (Å²) >= 11 is 0. The maximum Gasteiger partial charge on any atom is 0.321 e. The predicted molar refractivity (Wildman–Crippen MR) is 108 cm³/mol. The molecular weight excluding hydrogens is 340 g/mol. The number of hydrogen-bond donors (Lipinski definition) is 2. The number of benzene rings is 2. The minimum atomic E-state index is -0.0860. The van der Waals surface area contributed by atoms with Crippen LogP contribution in [0.5, 0.6) is 0 Å². The summed E-state index contributed by atoms with van der Waals surface area (Å²) in [5.74, 6) is -0.0329. The second-order valence-electron chi connectivity index (χ2n) is 6.93. The summed E-state index contributed by atoms with van der Waals surface area (Å²) in [6.45, 7) is 6.91. The highest BCUT2D eigenvalue weighted by atomic mass is 16.2. The number of hydrogen-bond acceptors (Lipinski definition) is 3. The summed E-state index contributed by atoms with van der Waals surface area (Å²) in [4.78, 5) is 28.5. The second kappa shape index (κ2) is 8.68. The molecule has 0 aliphatic carbocycles. The number of piperazine rings is 1. The van der Waals surface area contributed by atoms with Crippen molar-refractivity contribution in [2.75, 3.05) is 43.4 Å². The SMILES string of the molecule is Cc1ccc(C)c(NC(=O)N2CCN(CC(=O)Nc3ccccc3)CC2)c1. The number of para-hydroxylation sites is 1. The smallest absolute Gasteiger partial charge is 0.321 e. The Morgan fingerprint density at radius 2 is 1.63 bits per heavy atom. The van der Waals surface area contributed by atoms with Crippen molar-refractivity contribution < 1.29 is 9.59 Å². The van der Waals surface area contributed by atoms with Gasteiger partial charge < -0.3 is 15.5 Å². The maximum atomic E-state index is 12.5. The lowest BCUT2D eigenvalue weighted by atomic mass is 10.1. The summed E-state index contributed by atoms with van der Waals surface area (Å²) in [5, 5.41) is 5.89. The van der Waals surface area contributed by atoms with E-state index < -0.39 is 0 Å². The number of carbonyl (C=O) groups excluding carboxylic acids is 2. The van der Waals surface area contributed by atoms with Crippen LogP contribution >= 0.6 is 0 Å². The van der Waals surface area contributed by atoms with E-state index in [0.717, 1.165) is 22.5 Å². The Hall–Kier alpha value is -2.86. The lowest BCUT2D eigenvalue weighted by Gasteiger charge is -2.34. The highest BCUT2D eigenvalue weighted by Crippen LogP contribution is 2.17. The first-order valence-electron chi connectivity index (χ1n) is 9.22. The Bertz CT molecular complexity index is 799. The van der Waals surface area contributed by atoms with E-state index in [4.69, 9.17) is 0 Å². The molecule has 1 heterocycles. The van der Waals surface area contributed by atoms with Crippen LogP contribution in [-0.2, 0) is 4.79 Å². The molecule has 6 heteroatoms. The minimum absolute atomic E-state index is 0.0329. The molecule has 1 aliphatic heterocycles. The largest absolute Gasteiger partial charge is 0.325 e. The van der Waals surface area contributed by atoms with E-state index in [-0.39, 0.29) is 11.9 Å². The molecular formula is C21H26N4O2. The van der Waals surface area contributed by atoms with Gasteiger partial charge in [0.05, 0.1) is 6.54 Å². The van der Waals surface area contributed by atoms with Crippen LogP contribution in [0.2, 0.25) is 0 Å². The second-order valence-corrected chi connectivity index (χ2v) is 6.93. The Balaban J connectivity index is 1.46. The Kier molecular flexibility index (Phi) is 6.08. The number of nitrogens with one attached hydrogen (secondary N) is 2. The molecule has 0 saturated carbocycles. The Morgan fingerprint density at radius 3 is 2.33 bits per heavy atom. The average molecular weight is 366 g/mol. The molecule has 0 atom stereocenters. The zero-order chi connectivity index (χ0) is 19.2. The van der Waals surface area contributed by atoms with Gasteiger partial charge in [-0.3, -0.25) is 9.69 Å². The molecule has 6 nitrogen and oxygen atoms in total. The molecule has 1 saturated heterocycles. The maximum absolute atomic E-state index is 12.5. The van der Waals surface area contributed by atoms with Crippen LogP contribution in [0.1, 0.15) is 11.1 Å². The third-order valence-corrected chi connectivity index (χ3v) is 4.72. The molecule has 27 heavy (non-hydrogen) atoms. The van der Waals surface area contributed by atoms with E-state index in [1.54, 1.807) is 4.90 Å².